The predicted octanol–water partition coefficient (Wildman–Crippen LogP) is 1.94. The molecule has 0 aromatic carbocycles. The van der Waals surface area contributed by atoms with Crippen LogP contribution in [0.1, 0.15) is 30.8 Å². The van der Waals surface area contributed by atoms with E-state index in [0.29, 0.717) is 0 Å². The molecule has 0 radical (unpaired) electrons. The molecule has 1 aromatic heterocycles. The van der Waals surface area contributed by atoms with Gasteiger partial charge in [0, 0.05) is 23.5 Å². The minimum Gasteiger partial charge on any atom is -0.333 e. The molecule has 0 aliphatic carbocycles. The largest absolute Gasteiger partial charge is 0.333 e. The lowest BCUT2D eigenvalue weighted by Crippen LogP contribution is -2.16. The number of hydrogen-bond acceptors (Lipinski definition) is 2. The highest BCUT2D eigenvalue weighted by Crippen LogP contribution is 2.14. The normalized spacial score (nSPS) is 12.1. The summed E-state index contributed by atoms with van der Waals surface area (Å²) >= 11 is 0. The van der Waals surface area contributed by atoms with Crippen LogP contribution in [0.25, 0.3) is 0 Å². The molecule has 3 nitrogen and oxygen atoms in total. The van der Waals surface area contributed by atoms with Gasteiger partial charge in [0.2, 0.25) is 0 Å². The van der Waals surface area contributed by atoms with Crippen molar-refractivity contribution in [3.05, 3.63) is 33.7 Å². The Bertz CT molecular complexity index is 400. The van der Waals surface area contributed by atoms with Crippen molar-refractivity contribution in [2.45, 2.75) is 33.2 Å². The first-order valence-electron chi connectivity index (χ1n) is 4.69. The lowest BCUT2D eigenvalue weighted by atomic mass is 10.2. The molecule has 1 heterocycles. The number of nitriles is 1. The van der Waals surface area contributed by atoms with Gasteiger partial charge in [0.15, 0.2) is 5.43 Å². The molecule has 1 atom stereocenters. The van der Waals surface area contributed by atoms with Crippen molar-refractivity contribution in [1.29, 1.82) is 5.26 Å². The molecule has 0 aliphatic heterocycles. The van der Waals surface area contributed by atoms with Crippen LogP contribution in [-0.2, 0) is 0 Å². The van der Waals surface area contributed by atoms with E-state index in [2.05, 4.69) is 6.07 Å². The zero-order chi connectivity index (χ0) is 10.7. The second kappa shape index (κ2) is 4.10. The van der Waals surface area contributed by atoms with Crippen LogP contribution in [0.15, 0.2) is 16.9 Å². The molecule has 0 amide bonds. The van der Waals surface area contributed by atoms with E-state index in [1.54, 1.807) is 12.1 Å². The fraction of sp³-hybridized carbons (Fsp3) is 0.455. The van der Waals surface area contributed by atoms with Crippen molar-refractivity contribution >= 4 is 0 Å². The lowest BCUT2D eigenvalue weighted by molar-refractivity contribution is 0.564. The van der Waals surface area contributed by atoms with Crippen molar-refractivity contribution < 1.29 is 0 Å². The quantitative estimate of drug-likeness (QED) is 0.715. The van der Waals surface area contributed by atoms with Gasteiger partial charge in [0.05, 0.1) is 6.07 Å². The third kappa shape index (κ3) is 1.85. The molecule has 14 heavy (non-hydrogen) atoms. The molecule has 3 heteroatoms. The summed E-state index contributed by atoms with van der Waals surface area (Å²) in [6.07, 6.45) is 0.751. The number of pyridine rings is 1. The number of rotatable bonds is 2. The molecule has 1 rings (SSSR count). The van der Waals surface area contributed by atoms with Gasteiger partial charge in [-0.05, 0) is 20.3 Å². The Hall–Kier alpha value is -1.56. The molecule has 0 saturated carbocycles. The van der Waals surface area contributed by atoms with Gasteiger partial charge in [-0.15, -0.1) is 0 Å². The van der Waals surface area contributed by atoms with Gasteiger partial charge < -0.3 is 4.57 Å². The third-order valence-electron chi connectivity index (χ3n) is 2.31. The van der Waals surface area contributed by atoms with Crippen LogP contribution in [0.3, 0.4) is 0 Å². The summed E-state index contributed by atoms with van der Waals surface area (Å²) in [7, 11) is 0. The number of aromatic nitrogens is 1. The Labute approximate surface area is 83.6 Å². The van der Waals surface area contributed by atoms with Crippen LogP contribution in [0.2, 0.25) is 0 Å². The number of hydrogen-bond donors (Lipinski definition) is 0. The zero-order valence-electron chi connectivity index (χ0n) is 8.74. The third-order valence-corrected chi connectivity index (χ3v) is 2.31. The minimum absolute atomic E-state index is 0.00374. The van der Waals surface area contributed by atoms with Crippen LogP contribution in [0.5, 0.6) is 0 Å². The maximum absolute atomic E-state index is 11.2. The highest BCUT2D eigenvalue weighted by atomic mass is 16.1. The van der Waals surface area contributed by atoms with Crippen LogP contribution >= 0.6 is 0 Å². The van der Waals surface area contributed by atoms with Gasteiger partial charge in [0.1, 0.15) is 6.04 Å². The van der Waals surface area contributed by atoms with E-state index in [4.69, 9.17) is 5.26 Å². The summed E-state index contributed by atoms with van der Waals surface area (Å²) in [6, 6.07) is 5.18. The van der Waals surface area contributed by atoms with Crippen LogP contribution in [0.4, 0.5) is 0 Å². The molecular formula is C11H14N2O. The number of nitrogens with zero attached hydrogens (tertiary/aromatic N) is 2. The van der Waals surface area contributed by atoms with E-state index in [-0.39, 0.29) is 11.5 Å². The molecule has 0 N–H and O–H groups in total. The fourth-order valence-corrected chi connectivity index (χ4v) is 1.69. The maximum Gasteiger partial charge on any atom is 0.182 e. The summed E-state index contributed by atoms with van der Waals surface area (Å²) in [5, 5.41) is 8.95. The van der Waals surface area contributed by atoms with E-state index < -0.39 is 0 Å². The standard InChI is InChI=1S/C11H14N2O/c1-4-10(7-12)13-8(2)5-11(14)6-9(13)3/h5-6,10H,4H2,1-3H3. The second-order valence-corrected chi connectivity index (χ2v) is 3.40. The van der Waals surface area contributed by atoms with Crippen molar-refractivity contribution in [2.75, 3.05) is 0 Å². The second-order valence-electron chi connectivity index (χ2n) is 3.40. The first-order chi connectivity index (χ1) is 6.60. The summed E-state index contributed by atoms with van der Waals surface area (Å²) in [5.41, 5.74) is 1.70. The summed E-state index contributed by atoms with van der Waals surface area (Å²) < 4.78 is 1.90. The van der Waals surface area contributed by atoms with Gasteiger partial charge in [-0.3, -0.25) is 4.79 Å². The summed E-state index contributed by atoms with van der Waals surface area (Å²) in [6.45, 7) is 5.67. The van der Waals surface area contributed by atoms with Gasteiger partial charge in [-0.2, -0.15) is 5.26 Å². The van der Waals surface area contributed by atoms with Crippen LogP contribution in [0, 0.1) is 25.2 Å². The van der Waals surface area contributed by atoms with Crippen molar-refractivity contribution in [3.63, 3.8) is 0 Å². The summed E-state index contributed by atoms with van der Waals surface area (Å²) in [5.74, 6) is 0. The van der Waals surface area contributed by atoms with Gasteiger partial charge in [-0.25, -0.2) is 0 Å². The van der Waals surface area contributed by atoms with Crippen LogP contribution < -0.4 is 5.43 Å². The number of aryl methyl sites for hydroxylation is 2. The van der Waals surface area contributed by atoms with Gasteiger partial charge >= 0.3 is 0 Å². The van der Waals surface area contributed by atoms with Gasteiger partial charge in [0.25, 0.3) is 0 Å². The molecule has 0 bridgehead atoms. The van der Waals surface area contributed by atoms with E-state index in [0.717, 1.165) is 17.8 Å². The highest BCUT2D eigenvalue weighted by Gasteiger charge is 2.10. The lowest BCUT2D eigenvalue weighted by Gasteiger charge is -2.17. The molecule has 0 spiro atoms. The Morgan fingerprint density at radius 3 is 2.29 bits per heavy atom. The summed E-state index contributed by atoms with van der Waals surface area (Å²) in [4.78, 5) is 11.2. The monoisotopic (exact) mass is 190 g/mol. The first kappa shape index (κ1) is 10.5. The Kier molecular flexibility index (Phi) is 3.08. The molecule has 74 valence electrons. The average molecular weight is 190 g/mol. The molecular weight excluding hydrogens is 176 g/mol. The van der Waals surface area contributed by atoms with E-state index >= 15 is 0 Å². The van der Waals surface area contributed by atoms with Crippen molar-refractivity contribution in [2.24, 2.45) is 0 Å². The fourth-order valence-electron chi connectivity index (χ4n) is 1.69. The SMILES string of the molecule is CCC(C#N)n1c(C)cc(=O)cc1C. The maximum atomic E-state index is 11.2. The Balaban J connectivity index is 3.35. The molecule has 0 fully saturated rings. The topological polar surface area (TPSA) is 45.8 Å². The van der Waals surface area contributed by atoms with Gasteiger partial charge in [-0.1, -0.05) is 6.92 Å². The highest BCUT2D eigenvalue weighted by molar-refractivity contribution is 5.15. The Morgan fingerprint density at radius 1 is 1.43 bits per heavy atom. The molecule has 0 saturated heterocycles. The van der Waals surface area contributed by atoms with Crippen molar-refractivity contribution in [1.82, 2.24) is 4.57 Å². The van der Waals surface area contributed by atoms with E-state index in [1.165, 1.54) is 0 Å². The van der Waals surface area contributed by atoms with E-state index in [1.807, 2.05) is 25.3 Å². The zero-order valence-corrected chi connectivity index (χ0v) is 8.74. The minimum atomic E-state index is -0.171. The van der Waals surface area contributed by atoms with Crippen LogP contribution in [-0.4, -0.2) is 4.57 Å². The predicted molar refractivity (Wildman–Crippen MR) is 55.1 cm³/mol. The Morgan fingerprint density at radius 2 is 1.93 bits per heavy atom. The first-order valence-corrected chi connectivity index (χ1v) is 4.69. The molecule has 1 unspecified atom stereocenters. The smallest absolute Gasteiger partial charge is 0.182 e. The van der Waals surface area contributed by atoms with Crippen molar-refractivity contribution in [3.8, 4) is 6.07 Å². The average Bonchev–Trinajstić information content (AvgIpc) is 2.10. The van der Waals surface area contributed by atoms with E-state index in [9.17, 15) is 4.79 Å². The molecule has 1 aromatic rings. The molecule has 0 aliphatic rings.